The quantitative estimate of drug-likeness (QED) is 0.439. The van der Waals surface area contributed by atoms with Gasteiger partial charge in [-0.15, -0.1) is 4.37 Å². The molecule has 0 radical (unpaired) electrons. The number of hydrogen-bond acceptors (Lipinski definition) is 7. The minimum atomic E-state index is -1.69. The smallest absolute Gasteiger partial charge is 0.236 e. The number of aryl methyl sites for hydroxylation is 2. The molecule has 0 aliphatic carbocycles. The number of hydrogen-bond donors (Lipinski definition) is 3. The number of rotatable bonds is 5. The van der Waals surface area contributed by atoms with Crippen LogP contribution in [0.1, 0.15) is 42.5 Å². The Morgan fingerprint density at radius 1 is 1.39 bits per heavy atom. The number of nitrogens with one attached hydrogen (secondary N) is 2. The Balaban J connectivity index is 2.04. The Labute approximate surface area is 165 Å². The molecule has 3 rings (SSSR count). The Kier molecular flexibility index (Phi) is 5.53. The van der Waals surface area contributed by atoms with Gasteiger partial charge in [0.25, 0.3) is 0 Å². The molecule has 0 fully saturated rings. The molecule has 146 valence electrons. The van der Waals surface area contributed by atoms with Gasteiger partial charge in [-0.25, -0.2) is 4.99 Å². The summed E-state index contributed by atoms with van der Waals surface area (Å²) in [7, 11) is 0. The second kappa shape index (κ2) is 7.88. The highest BCUT2D eigenvalue weighted by atomic mass is 32.2. The molecule has 0 aliphatic rings. The first-order valence-corrected chi connectivity index (χ1v) is 9.82. The topological polar surface area (TPSA) is 133 Å². The lowest BCUT2D eigenvalue weighted by Crippen LogP contribution is -2.14. The van der Waals surface area contributed by atoms with Crippen LogP contribution < -0.4 is 10.8 Å². The Morgan fingerprint density at radius 2 is 2.14 bits per heavy atom. The molecule has 2 heterocycles. The highest BCUT2D eigenvalue weighted by Gasteiger charge is 2.22. The maximum absolute atomic E-state index is 12.0. The third-order valence-electron chi connectivity index (χ3n) is 4.37. The van der Waals surface area contributed by atoms with Gasteiger partial charge in [-0.1, -0.05) is 19.9 Å². The van der Waals surface area contributed by atoms with Crippen LogP contribution in [0.25, 0.3) is 0 Å². The third kappa shape index (κ3) is 3.93. The molecular formula is C19H21N5O3S. The van der Waals surface area contributed by atoms with E-state index >= 15 is 0 Å². The number of H-pyrrole nitrogens is 1. The van der Waals surface area contributed by atoms with Crippen LogP contribution in [0.4, 0.5) is 11.5 Å². The maximum atomic E-state index is 12.0. The lowest BCUT2D eigenvalue weighted by molar-refractivity contribution is 0.387. The zero-order valence-electron chi connectivity index (χ0n) is 16.0. The van der Waals surface area contributed by atoms with E-state index in [9.17, 15) is 9.66 Å². The molecule has 0 saturated carbocycles. The summed E-state index contributed by atoms with van der Waals surface area (Å²) in [5, 5.41) is 22.2. The number of nitrogens with zero attached hydrogens (tertiary/aromatic N) is 3. The molecule has 0 aliphatic heterocycles. The lowest BCUT2D eigenvalue weighted by Gasteiger charge is -2.13. The number of aromatic amines is 1. The van der Waals surface area contributed by atoms with Gasteiger partial charge in [-0.2, -0.15) is 5.26 Å². The highest BCUT2D eigenvalue weighted by molar-refractivity contribution is 7.13. The number of para-hydroxylation sites is 1. The predicted octanol–water partition coefficient (Wildman–Crippen LogP) is 3.97. The summed E-state index contributed by atoms with van der Waals surface area (Å²) < 4.78 is 24.5. The van der Waals surface area contributed by atoms with Gasteiger partial charge in [0, 0.05) is 4.37 Å². The van der Waals surface area contributed by atoms with Crippen LogP contribution in [0.3, 0.4) is 0 Å². The van der Waals surface area contributed by atoms with Gasteiger partial charge in [-0.3, -0.25) is 0 Å². The van der Waals surface area contributed by atoms with Gasteiger partial charge in [-0.05, 0) is 43.5 Å². The summed E-state index contributed by atoms with van der Waals surface area (Å²) in [6.07, 6.45) is 0. The first kappa shape index (κ1) is 19.7. The van der Waals surface area contributed by atoms with Crippen LogP contribution in [-0.2, 0) is 0 Å². The van der Waals surface area contributed by atoms with Gasteiger partial charge in [0.2, 0.25) is 11.3 Å². The molecule has 9 heteroatoms. The SMILES string of the molecule is Cc1cc([C@H](N=c2[nH][s+]([O-])nc2Nc2cccc(C#N)c2O)C(C)C)oc1C. The molecule has 0 spiro atoms. The van der Waals surface area contributed by atoms with Crippen LogP contribution in [0, 0.1) is 31.1 Å². The second-order valence-corrected chi connectivity index (χ2v) is 7.67. The van der Waals surface area contributed by atoms with E-state index in [2.05, 4.69) is 19.1 Å². The number of benzene rings is 1. The van der Waals surface area contributed by atoms with Gasteiger partial charge in [0.05, 0.1) is 11.3 Å². The number of phenols is 1. The zero-order valence-corrected chi connectivity index (χ0v) is 16.8. The number of anilines is 2. The molecule has 8 nitrogen and oxygen atoms in total. The standard InChI is InChI=1S/C19H21N5O3S/c1-10(2)16(15-8-11(3)12(4)27-15)22-19-18(23-28(26)24-19)21-14-7-5-6-13(9-20)17(14)25/h5-8,10,16,25H,1-4H3,(H,21,23)(H,22,24)/t16-,28?/m1/s1. The Morgan fingerprint density at radius 3 is 2.75 bits per heavy atom. The van der Waals surface area contributed by atoms with Crippen LogP contribution >= 0.6 is 11.1 Å². The van der Waals surface area contributed by atoms with E-state index < -0.39 is 11.1 Å². The van der Waals surface area contributed by atoms with Crippen molar-refractivity contribution in [1.82, 2.24) is 8.75 Å². The molecule has 0 amide bonds. The second-order valence-electron chi connectivity index (χ2n) is 6.78. The van der Waals surface area contributed by atoms with Crippen molar-refractivity contribution in [3.05, 3.63) is 52.4 Å². The van der Waals surface area contributed by atoms with Crippen LogP contribution in [0.5, 0.6) is 5.75 Å². The summed E-state index contributed by atoms with van der Waals surface area (Å²) in [5.41, 5.74) is 1.73. The summed E-state index contributed by atoms with van der Waals surface area (Å²) in [6, 6.07) is 8.27. The van der Waals surface area contributed by atoms with E-state index in [4.69, 9.17) is 9.68 Å². The van der Waals surface area contributed by atoms with E-state index in [1.807, 2.05) is 39.8 Å². The van der Waals surface area contributed by atoms with Crippen molar-refractivity contribution in [2.45, 2.75) is 33.7 Å². The molecular weight excluding hydrogens is 378 g/mol. The number of aromatic nitrogens is 2. The summed E-state index contributed by atoms with van der Waals surface area (Å²) in [6.45, 7) is 7.89. The molecule has 2 aromatic heterocycles. The lowest BCUT2D eigenvalue weighted by atomic mass is 10.0. The Bertz CT molecular complexity index is 1080. The van der Waals surface area contributed by atoms with Crippen molar-refractivity contribution in [3.63, 3.8) is 0 Å². The third-order valence-corrected chi connectivity index (χ3v) is 5.08. The van der Waals surface area contributed by atoms with Crippen molar-refractivity contribution in [2.75, 3.05) is 5.32 Å². The maximum Gasteiger partial charge on any atom is 0.236 e. The summed E-state index contributed by atoms with van der Waals surface area (Å²) in [5.74, 6) is 1.67. The van der Waals surface area contributed by atoms with Gasteiger partial charge in [0.15, 0.2) is 16.9 Å². The monoisotopic (exact) mass is 399 g/mol. The number of furan rings is 1. The predicted molar refractivity (Wildman–Crippen MR) is 105 cm³/mol. The average Bonchev–Trinajstić information content (AvgIpc) is 3.15. The van der Waals surface area contributed by atoms with Crippen LogP contribution in [0.2, 0.25) is 0 Å². The molecule has 0 saturated heterocycles. The first-order chi connectivity index (χ1) is 13.3. The summed E-state index contributed by atoms with van der Waals surface area (Å²) >= 11 is -1.69. The van der Waals surface area contributed by atoms with Gasteiger partial charge in [0.1, 0.15) is 23.6 Å². The van der Waals surface area contributed by atoms with E-state index in [1.54, 1.807) is 12.1 Å². The normalized spacial score (nSPS) is 13.6. The minimum Gasteiger partial charge on any atom is -0.548 e. The molecule has 1 unspecified atom stereocenters. The van der Waals surface area contributed by atoms with E-state index in [1.165, 1.54) is 6.07 Å². The molecule has 3 aromatic rings. The zero-order chi connectivity index (χ0) is 20.4. The number of nitriles is 1. The van der Waals surface area contributed by atoms with Crippen LogP contribution in [0.15, 0.2) is 33.7 Å². The largest absolute Gasteiger partial charge is 0.548 e. The fourth-order valence-electron chi connectivity index (χ4n) is 2.74. The van der Waals surface area contributed by atoms with Gasteiger partial charge < -0.3 is 19.4 Å². The van der Waals surface area contributed by atoms with Crippen molar-refractivity contribution >= 4 is 22.6 Å². The van der Waals surface area contributed by atoms with Crippen molar-refractivity contribution < 1.29 is 14.1 Å². The van der Waals surface area contributed by atoms with E-state index in [0.717, 1.165) is 11.3 Å². The van der Waals surface area contributed by atoms with Crippen LogP contribution in [-0.4, -0.2) is 18.4 Å². The number of phenolic OH excluding ortho intramolecular Hbond substituents is 1. The molecule has 28 heavy (non-hydrogen) atoms. The Hall–Kier alpha value is -3.09. The number of aromatic hydroxyl groups is 1. The molecule has 1 aromatic carbocycles. The fourth-order valence-corrected chi connectivity index (χ4v) is 3.40. The van der Waals surface area contributed by atoms with Crippen molar-refractivity contribution in [3.8, 4) is 11.8 Å². The minimum absolute atomic E-state index is 0.116. The molecule has 2 atom stereocenters. The average molecular weight is 399 g/mol. The van der Waals surface area contributed by atoms with Crippen molar-refractivity contribution in [2.24, 2.45) is 10.9 Å². The molecule has 0 bridgehead atoms. The first-order valence-electron chi connectivity index (χ1n) is 8.71. The molecule has 3 N–H and O–H groups in total. The van der Waals surface area contributed by atoms with Crippen molar-refractivity contribution in [1.29, 1.82) is 5.26 Å². The highest BCUT2D eigenvalue weighted by Crippen LogP contribution is 2.31. The fraction of sp³-hybridized carbons (Fsp3) is 0.316. The van der Waals surface area contributed by atoms with E-state index in [-0.39, 0.29) is 34.8 Å². The summed E-state index contributed by atoms with van der Waals surface area (Å²) in [4.78, 5) is 4.68. The van der Waals surface area contributed by atoms with E-state index in [0.29, 0.717) is 11.2 Å². The van der Waals surface area contributed by atoms with Gasteiger partial charge >= 0.3 is 0 Å².